The van der Waals surface area contributed by atoms with Crippen molar-refractivity contribution in [2.45, 2.75) is 12.8 Å². The summed E-state index contributed by atoms with van der Waals surface area (Å²) in [6, 6.07) is 11.2. The molecule has 0 amide bonds. The predicted molar refractivity (Wildman–Crippen MR) is 69.1 cm³/mol. The molecule has 2 aromatic rings. The summed E-state index contributed by atoms with van der Waals surface area (Å²) in [4.78, 5) is 11.2. The fourth-order valence-electron chi connectivity index (χ4n) is 2.00. The van der Waals surface area contributed by atoms with Crippen LogP contribution in [-0.4, -0.2) is 17.7 Å². The summed E-state index contributed by atoms with van der Waals surface area (Å²) >= 11 is 0. The summed E-state index contributed by atoms with van der Waals surface area (Å²) in [5.41, 5.74) is 0.245. The van der Waals surface area contributed by atoms with Crippen molar-refractivity contribution >= 4 is 16.7 Å². The third kappa shape index (κ3) is 2.16. The zero-order valence-corrected chi connectivity index (χ0v) is 9.93. The van der Waals surface area contributed by atoms with E-state index in [4.69, 9.17) is 4.74 Å². The summed E-state index contributed by atoms with van der Waals surface area (Å²) in [5, 5.41) is 11.2. The van der Waals surface area contributed by atoms with Crippen LogP contribution >= 0.6 is 0 Å². The standard InChI is InChI=1S/C15H14O3/c16-15(17)13-7-11-3-1-2-4-12(11)8-14(13)18-9-10-5-6-10/h1-4,7-8,10H,5-6,9H2,(H,16,17). The first kappa shape index (κ1) is 11.1. The number of ether oxygens (including phenoxy) is 1. The highest BCUT2D eigenvalue weighted by Crippen LogP contribution is 2.32. The molecule has 3 rings (SSSR count). The minimum atomic E-state index is -0.938. The van der Waals surface area contributed by atoms with E-state index >= 15 is 0 Å². The largest absolute Gasteiger partial charge is 0.492 e. The van der Waals surface area contributed by atoms with E-state index in [2.05, 4.69) is 0 Å². The predicted octanol–water partition coefficient (Wildman–Crippen LogP) is 3.33. The number of hydrogen-bond acceptors (Lipinski definition) is 2. The average molecular weight is 242 g/mol. The highest BCUT2D eigenvalue weighted by molar-refractivity contribution is 5.97. The third-order valence-corrected chi connectivity index (χ3v) is 3.25. The molecule has 1 aliphatic carbocycles. The van der Waals surface area contributed by atoms with Gasteiger partial charge in [-0.1, -0.05) is 24.3 Å². The Hall–Kier alpha value is -2.03. The van der Waals surface area contributed by atoms with Crippen LogP contribution in [0.4, 0.5) is 0 Å². The maximum atomic E-state index is 11.2. The van der Waals surface area contributed by atoms with E-state index in [9.17, 15) is 9.90 Å². The van der Waals surface area contributed by atoms with E-state index < -0.39 is 5.97 Å². The van der Waals surface area contributed by atoms with E-state index in [1.165, 1.54) is 12.8 Å². The van der Waals surface area contributed by atoms with Crippen LogP contribution in [0.25, 0.3) is 10.8 Å². The quantitative estimate of drug-likeness (QED) is 0.894. The Bertz CT molecular complexity index is 600. The summed E-state index contributed by atoms with van der Waals surface area (Å²) < 4.78 is 5.65. The Morgan fingerprint density at radius 2 is 1.89 bits per heavy atom. The minimum Gasteiger partial charge on any atom is -0.492 e. The lowest BCUT2D eigenvalue weighted by Gasteiger charge is -2.10. The van der Waals surface area contributed by atoms with Gasteiger partial charge in [0.05, 0.1) is 6.61 Å². The number of carboxylic acid groups (broad SMARTS) is 1. The van der Waals surface area contributed by atoms with Gasteiger partial charge >= 0.3 is 5.97 Å². The van der Waals surface area contributed by atoms with Gasteiger partial charge < -0.3 is 9.84 Å². The smallest absolute Gasteiger partial charge is 0.339 e. The normalized spacial score (nSPS) is 14.7. The van der Waals surface area contributed by atoms with E-state index in [-0.39, 0.29) is 5.56 Å². The Morgan fingerprint density at radius 3 is 2.50 bits per heavy atom. The van der Waals surface area contributed by atoms with Crippen LogP contribution in [0.5, 0.6) is 5.75 Å². The Labute approximate surface area is 105 Å². The summed E-state index contributed by atoms with van der Waals surface area (Å²) in [6.45, 7) is 0.624. The summed E-state index contributed by atoms with van der Waals surface area (Å²) in [7, 11) is 0. The summed E-state index contributed by atoms with van der Waals surface area (Å²) in [6.07, 6.45) is 2.38. The number of carboxylic acids is 1. The van der Waals surface area contributed by atoms with E-state index in [1.807, 2.05) is 30.3 Å². The molecule has 0 unspecified atom stereocenters. The molecule has 0 bridgehead atoms. The molecule has 1 fully saturated rings. The average Bonchev–Trinajstić information content (AvgIpc) is 3.19. The fourth-order valence-corrected chi connectivity index (χ4v) is 2.00. The topological polar surface area (TPSA) is 46.5 Å². The number of fused-ring (bicyclic) bond motifs is 1. The van der Waals surface area contributed by atoms with Gasteiger partial charge in [0.2, 0.25) is 0 Å². The Balaban J connectivity index is 2.01. The van der Waals surface area contributed by atoms with Crippen LogP contribution in [0.3, 0.4) is 0 Å². The number of carbonyl (C=O) groups is 1. The molecule has 92 valence electrons. The van der Waals surface area contributed by atoms with Crippen LogP contribution in [0.15, 0.2) is 36.4 Å². The first-order chi connectivity index (χ1) is 8.74. The SMILES string of the molecule is O=C(O)c1cc2ccccc2cc1OCC1CC1. The zero-order valence-electron chi connectivity index (χ0n) is 9.93. The van der Waals surface area contributed by atoms with Gasteiger partial charge in [-0.05, 0) is 41.7 Å². The van der Waals surface area contributed by atoms with Gasteiger partial charge in [-0.25, -0.2) is 4.79 Å². The third-order valence-electron chi connectivity index (χ3n) is 3.25. The van der Waals surface area contributed by atoms with Crippen molar-refractivity contribution in [3.05, 3.63) is 42.0 Å². The lowest BCUT2D eigenvalue weighted by Crippen LogP contribution is -2.05. The van der Waals surface area contributed by atoms with Crippen LogP contribution in [0.1, 0.15) is 23.2 Å². The molecule has 1 saturated carbocycles. The molecule has 1 aliphatic rings. The van der Waals surface area contributed by atoms with Gasteiger partial charge in [-0.3, -0.25) is 0 Å². The van der Waals surface area contributed by atoms with E-state index in [0.717, 1.165) is 10.8 Å². The molecule has 18 heavy (non-hydrogen) atoms. The second-order valence-corrected chi connectivity index (χ2v) is 4.76. The lowest BCUT2D eigenvalue weighted by molar-refractivity contribution is 0.0692. The van der Waals surface area contributed by atoms with Gasteiger partial charge in [-0.2, -0.15) is 0 Å². The summed E-state index contributed by atoms with van der Waals surface area (Å²) in [5.74, 6) is 0.151. The highest BCUT2D eigenvalue weighted by atomic mass is 16.5. The second kappa shape index (κ2) is 4.33. The van der Waals surface area contributed by atoms with Crippen molar-refractivity contribution in [1.82, 2.24) is 0 Å². The van der Waals surface area contributed by atoms with Crippen molar-refractivity contribution in [3.8, 4) is 5.75 Å². The number of hydrogen-bond donors (Lipinski definition) is 1. The van der Waals surface area contributed by atoms with Gasteiger partial charge in [0.25, 0.3) is 0 Å². The van der Waals surface area contributed by atoms with Gasteiger partial charge in [0.1, 0.15) is 11.3 Å². The van der Waals surface area contributed by atoms with Crippen molar-refractivity contribution in [1.29, 1.82) is 0 Å². The molecule has 0 atom stereocenters. The Kier molecular flexibility index (Phi) is 2.67. The minimum absolute atomic E-state index is 0.245. The molecule has 0 aliphatic heterocycles. The Morgan fingerprint density at radius 1 is 1.22 bits per heavy atom. The van der Waals surface area contributed by atoms with Crippen LogP contribution in [0, 0.1) is 5.92 Å². The molecular weight excluding hydrogens is 228 g/mol. The van der Waals surface area contributed by atoms with Crippen molar-refractivity contribution in [3.63, 3.8) is 0 Å². The molecule has 0 spiro atoms. The van der Waals surface area contributed by atoms with Crippen LogP contribution in [-0.2, 0) is 0 Å². The molecule has 0 saturated heterocycles. The highest BCUT2D eigenvalue weighted by Gasteiger charge is 2.23. The molecule has 3 nitrogen and oxygen atoms in total. The van der Waals surface area contributed by atoms with E-state index in [1.54, 1.807) is 6.07 Å². The molecular formula is C15H14O3. The van der Waals surface area contributed by atoms with Gasteiger partial charge in [0.15, 0.2) is 0 Å². The lowest BCUT2D eigenvalue weighted by atomic mass is 10.1. The molecule has 3 heteroatoms. The first-order valence-corrected chi connectivity index (χ1v) is 6.13. The van der Waals surface area contributed by atoms with Crippen LogP contribution in [0.2, 0.25) is 0 Å². The van der Waals surface area contributed by atoms with Crippen molar-refractivity contribution in [2.75, 3.05) is 6.61 Å². The molecule has 0 aromatic heterocycles. The maximum Gasteiger partial charge on any atom is 0.339 e. The van der Waals surface area contributed by atoms with Crippen LogP contribution < -0.4 is 4.74 Å². The molecule has 1 N–H and O–H groups in total. The second-order valence-electron chi connectivity index (χ2n) is 4.76. The molecule has 0 radical (unpaired) electrons. The monoisotopic (exact) mass is 242 g/mol. The van der Waals surface area contributed by atoms with Gasteiger partial charge in [-0.15, -0.1) is 0 Å². The maximum absolute atomic E-state index is 11.2. The van der Waals surface area contributed by atoms with E-state index in [0.29, 0.717) is 18.3 Å². The molecule has 2 aromatic carbocycles. The number of aromatic carboxylic acids is 1. The fraction of sp³-hybridized carbons (Fsp3) is 0.267. The van der Waals surface area contributed by atoms with Crippen molar-refractivity contribution in [2.24, 2.45) is 5.92 Å². The number of rotatable bonds is 4. The van der Waals surface area contributed by atoms with Gasteiger partial charge in [0, 0.05) is 0 Å². The molecule has 0 heterocycles. The first-order valence-electron chi connectivity index (χ1n) is 6.13. The van der Waals surface area contributed by atoms with Crippen molar-refractivity contribution < 1.29 is 14.6 Å². The number of benzene rings is 2. The zero-order chi connectivity index (χ0) is 12.5.